The molecule has 0 aliphatic rings. The molecular weight excluding hydrogens is 306 g/mol. The molecule has 0 radical (unpaired) electrons. The van der Waals surface area contributed by atoms with Gasteiger partial charge in [0.2, 0.25) is 0 Å². The van der Waals surface area contributed by atoms with Gasteiger partial charge in [0.1, 0.15) is 0 Å². The molecule has 1 unspecified atom stereocenters. The van der Waals surface area contributed by atoms with Crippen LogP contribution < -0.4 is 20.1 Å². The van der Waals surface area contributed by atoms with Crippen molar-refractivity contribution < 1.29 is 14.3 Å². The Morgan fingerprint density at radius 1 is 1.12 bits per heavy atom. The molecule has 1 aromatic carbocycles. The van der Waals surface area contributed by atoms with Crippen LogP contribution in [0.5, 0.6) is 11.5 Å². The zero-order valence-corrected chi connectivity index (χ0v) is 14.2. The second-order valence-electron chi connectivity index (χ2n) is 5.34. The Morgan fingerprint density at radius 2 is 1.83 bits per heavy atom. The highest BCUT2D eigenvalue weighted by atomic mass is 16.5. The predicted octanol–water partition coefficient (Wildman–Crippen LogP) is 2.70. The van der Waals surface area contributed by atoms with E-state index in [0.717, 1.165) is 11.1 Å². The van der Waals surface area contributed by atoms with Crippen molar-refractivity contribution in [1.29, 1.82) is 0 Å². The van der Waals surface area contributed by atoms with E-state index in [-0.39, 0.29) is 12.1 Å². The highest BCUT2D eigenvalue weighted by molar-refractivity contribution is 5.74. The first-order valence-corrected chi connectivity index (χ1v) is 7.79. The normalized spacial score (nSPS) is 11.5. The van der Waals surface area contributed by atoms with Crippen LogP contribution in [0, 0.1) is 0 Å². The number of methoxy groups -OCH3 is 2. The fourth-order valence-electron chi connectivity index (χ4n) is 2.34. The van der Waals surface area contributed by atoms with Crippen LogP contribution in [-0.2, 0) is 6.42 Å². The van der Waals surface area contributed by atoms with Crippen molar-refractivity contribution in [3.63, 3.8) is 0 Å². The van der Waals surface area contributed by atoms with Crippen molar-refractivity contribution >= 4 is 6.03 Å². The van der Waals surface area contributed by atoms with Crippen molar-refractivity contribution in [3.05, 3.63) is 53.9 Å². The zero-order valence-electron chi connectivity index (χ0n) is 14.2. The Balaban J connectivity index is 1.80. The number of hydrogen-bond donors (Lipinski definition) is 2. The number of carbonyl (C=O) groups excluding carboxylic acids is 1. The first-order chi connectivity index (χ1) is 11.6. The van der Waals surface area contributed by atoms with E-state index in [1.165, 1.54) is 0 Å². The highest BCUT2D eigenvalue weighted by Gasteiger charge is 2.09. The number of rotatable bonds is 7. The molecule has 2 rings (SSSR count). The lowest BCUT2D eigenvalue weighted by Gasteiger charge is -2.15. The molecule has 0 saturated carbocycles. The molecule has 1 aromatic heterocycles. The molecule has 2 N–H and O–H groups in total. The van der Waals surface area contributed by atoms with Crippen molar-refractivity contribution in [2.24, 2.45) is 0 Å². The number of amides is 2. The van der Waals surface area contributed by atoms with Gasteiger partial charge in [0, 0.05) is 18.9 Å². The lowest BCUT2D eigenvalue weighted by Crippen LogP contribution is -2.38. The molecule has 0 spiro atoms. The maximum Gasteiger partial charge on any atom is 0.315 e. The summed E-state index contributed by atoms with van der Waals surface area (Å²) in [6, 6.07) is 9.23. The van der Waals surface area contributed by atoms with E-state index in [9.17, 15) is 4.79 Å². The average Bonchev–Trinajstić information content (AvgIpc) is 2.62. The standard InChI is InChI=1S/C18H23N3O3/c1-13(15-7-9-19-10-8-15)21-18(22)20-11-6-14-4-5-16(23-2)17(12-14)24-3/h4-5,7-10,12-13H,6,11H2,1-3H3,(H2,20,21,22). The van der Waals surface area contributed by atoms with Gasteiger partial charge in [-0.05, 0) is 48.7 Å². The molecule has 2 amide bonds. The largest absolute Gasteiger partial charge is 0.493 e. The Bertz CT molecular complexity index is 662. The van der Waals surface area contributed by atoms with Crippen LogP contribution in [-0.4, -0.2) is 31.8 Å². The molecule has 0 aliphatic heterocycles. The zero-order chi connectivity index (χ0) is 17.4. The summed E-state index contributed by atoms with van der Waals surface area (Å²) in [5.41, 5.74) is 2.08. The number of aromatic nitrogens is 1. The number of nitrogens with one attached hydrogen (secondary N) is 2. The molecule has 1 atom stereocenters. The molecule has 1 heterocycles. The van der Waals surface area contributed by atoms with Gasteiger partial charge in [-0.2, -0.15) is 0 Å². The summed E-state index contributed by atoms with van der Waals surface area (Å²) in [4.78, 5) is 15.9. The van der Waals surface area contributed by atoms with Crippen LogP contribution in [0.25, 0.3) is 0 Å². The van der Waals surface area contributed by atoms with Crippen LogP contribution >= 0.6 is 0 Å². The lowest BCUT2D eigenvalue weighted by molar-refractivity contribution is 0.238. The lowest BCUT2D eigenvalue weighted by atomic mass is 10.1. The van der Waals surface area contributed by atoms with Gasteiger partial charge in [-0.25, -0.2) is 4.79 Å². The van der Waals surface area contributed by atoms with Gasteiger partial charge < -0.3 is 20.1 Å². The number of nitrogens with zero attached hydrogens (tertiary/aromatic N) is 1. The van der Waals surface area contributed by atoms with Gasteiger partial charge in [-0.1, -0.05) is 6.07 Å². The van der Waals surface area contributed by atoms with Crippen LogP contribution in [0.15, 0.2) is 42.7 Å². The van der Waals surface area contributed by atoms with Crippen molar-refractivity contribution in [1.82, 2.24) is 15.6 Å². The molecule has 0 fully saturated rings. The summed E-state index contributed by atoms with van der Waals surface area (Å²) in [5, 5.41) is 5.76. The van der Waals surface area contributed by atoms with Crippen LogP contribution in [0.3, 0.4) is 0 Å². The predicted molar refractivity (Wildman–Crippen MR) is 92.4 cm³/mol. The topological polar surface area (TPSA) is 72.5 Å². The van der Waals surface area contributed by atoms with E-state index in [1.807, 2.05) is 37.3 Å². The molecule has 2 aromatic rings. The third-order valence-corrected chi connectivity index (χ3v) is 3.70. The quantitative estimate of drug-likeness (QED) is 0.819. The Kier molecular flexibility index (Phi) is 6.42. The maximum atomic E-state index is 12.0. The van der Waals surface area contributed by atoms with Crippen molar-refractivity contribution in [3.8, 4) is 11.5 Å². The smallest absolute Gasteiger partial charge is 0.315 e. The third-order valence-electron chi connectivity index (χ3n) is 3.70. The molecule has 0 aliphatic carbocycles. The summed E-state index contributed by atoms with van der Waals surface area (Å²) >= 11 is 0. The van der Waals surface area contributed by atoms with Crippen molar-refractivity contribution in [2.45, 2.75) is 19.4 Å². The van der Waals surface area contributed by atoms with Gasteiger partial charge in [0.25, 0.3) is 0 Å². The molecule has 24 heavy (non-hydrogen) atoms. The fraction of sp³-hybridized carbons (Fsp3) is 0.333. The third kappa shape index (κ3) is 4.87. The van der Waals surface area contributed by atoms with E-state index in [2.05, 4.69) is 15.6 Å². The van der Waals surface area contributed by atoms with Gasteiger partial charge in [0.05, 0.1) is 20.3 Å². The van der Waals surface area contributed by atoms with E-state index in [1.54, 1.807) is 26.6 Å². The van der Waals surface area contributed by atoms with Gasteiger partial charge in [-0.3, -0.25) is 4.98 Å². The highest BCUT2D eigenvalue weighted by Crippen LogP contribution is 2.27. The second kappa shape index (κ2) is 8.76. The molecule has 0 saturated heterocycles. The Hall–Kier alpha value is -2.76. The van der Waals surface area contributed by atoms with E-state index in [4.69, 9.17) is 9.47 Å². The average molecular weight is 329 g/mol. The molecule has 0 bridgehead atoms. The van der Waals surface area contributed by atoms with Crippen LogP contribution in [0.4, 0.5) is 4.79 Å². The Labute approximate surface area is 142 Å². The molecular formula is C18H23N3O3. The first kappa shape index (κ1) is 17.6. The van der Waals surface area contributed by atoms with Crippen LogP contribution in [0.1, 0.15) is 24.1 Å². The molecule has 6 nitrogen and oxygen atoms in total. The second-order valence-corrected chi connectivity index (χ2v) is 5.34. The number of carbonyl (C=O) groups is 1. The molecule has 128 valence electrons. The maximum absolute atomic E-state index is 12.0. The number of pyridine rings is 1. The number of ether oxygens (including phenoxy) is 2. The van der Waals surface area contributed by atoms with Gasteiger partial charge >= 0.3 is 6.03 Å². The monoisotopic (exact) mass is 329 g/mol. The summed E-state index contributed by atoms with van der Waals surface area (Å²) in [7, 11) is 3.21. The minimum Gasteiger partial charge on any atom is -0.493 e. The number of urea groups is 1. The van der Waals surface area contributed by atoms with Crippen LogP contribution in [0.2, 0.25) is 0 Å². The van der Waals surface area contributed by atoms with E-state index < -0.39 is 0 Å². The van der Waals surface area contributed by atoms with E-state index in [0.29, 0.717) is 24.5 Å². The summed E-state index contributed by atoms with van der Waals surface area (Å²) in [6.45, 7) is 2.47. The SMILES string of the molecule is COc1ccc(CCNC(=O)NC(C)c2ccncc2)cc1OC. The van der Waals surface area contributed by atoms with Gasteiger partial charge in [0.15, 0.2) is 11.5 Å². The van der Waals surface area contributed by atoms with E-state index >= 15 is 0 Å². The molecule has 6 heteroatoms. The fourth-order valence-corrected chi connectivity index (χ4v) is 2.34. The summed E-state index contributed by atoms with van der Waals surface area (Å²) in [6.07, 6.45) is 4.13. The number of hydrogen-bond acceptors (Lipinski definition) is 4. The summed E-state index contributed by atoms with van der Waals surface area (Å²) < 4.78 is 10.5. The van der Waals surface area contributed by atoms with Gasteiger partial charge in [-0.15, -0.1) is 0 Å². The first-order valence-electron chi connectivity index (χ1n) is 7.79. The summed E-state index contributed by atoms with van der Waals surface area (Å²) in [5.74, 6) is 1.38. The number of benzene rings is 1. The minimum atomic E-state index is -0.195. The Morgan fingerprint density at radius 3 is 2.50 bits per heavy atom. The van der Waals surface area contributed by atoms with Crippen molar-refractivity contribution in [2.75, 3.05) is 20.8 Å². The minimum absolute atomic E-state index is 0.0749.